The molecule has 1 amide bonds. The number of allylic oxidation sites excluding steroid dienone is 3. The van der Waals surface area contributed by atoms with Crippen LogP contribution in [0.25, 0.3) is 11.1 Å². The molecule has 164 valence electrons. The van der Waals surface area contributed by atoms with Crippen molar-refractivity contribution >= 4 is 45.4 Å². The van der Waals surface area contributed by atoms with Crippen LogP contribution in [-0.2, 0) is 10.0 Å². The van der Waals surface area contributed by atoms with Gasteiger partial charge in [-0.1, -0.05) is 18.7 Å². The number of anilines is 1. The fourth-order valence-corrected chi connectivity index (χ4v) is 4.95. The third-order valence-electron chi connectivity index (χ3n) is 5.40. The molecule has 0 atom stereocenters. The lowest BCUT2D eigenvalue weighted by Gasteiger charge is -2.32. The average Bonchev–Trinajstić information content (AvgIpc) is 2.74. The number of primary amides is 1. The first-order chi connectivity index (χ1) is 14.2. The van der Waals surface area contributed by atoms with Crippen LogP contribution in [0.5, 0.6) is 0 Å². The summed E-state index contributed by atoms with van der Waals surface area (Å²) in [6.07, 6.45) is 4.86. The molecule has 1 heterocycles. The van der Waals surface area contributed by atoms with Crippen molar-refractivity contribution in [3.8, 4) is 0 Å². The Morgan fingerprint density at radius 3 is 2.40 bits per heavy atom. The number of thiol groups is 1. The van der Waals surface area contributed by atoms with Gasteiger partial charge in [-0.3, -0.25) is 4.79 Å². The molecule has 0 radical (unpaired) electrons. The molecule has 1 aliphatic rings. The number of nitrogens with zero attached hydrogens (tertiary/aromatic N) is 1. The van der Waals surface area contributed by atoms with Crippen LogP contribution in [0.15, 0.2) is 36.3 Å². The third kappa shape index (κ3) is 5.34. The molecule has 0 unspecified atom stereocenters. The lowest BCUT2D eigenvalue weighted by atomic mass is 9.84. The topological polar surface area (TPSA) is 133 Å². The van der Waals surface area contributed by atoms with Gasteiger partial charge in [0.1, 0.15) is 0 Å². The van der Waals surface area contributed by atoms with Gasteiger partial charge in [-0.2, -0.15) is 12.6 Å². The molecule has 1 saturated heterocycles. The van der Waals surface area contributed by atoms with Gasteiger partial charge in [0.25, 0.3) is 5.91 Å². The lowest BCUT2D eigenvalue weighted by molar-refractivity contribution is 0.100. The maximum absolute atomic E-state index is 12.1. The maximum atomic E-state index is 12.1. The zero-order valence-corrected chi connectivity index (χ0v) is 18.9. The van der Waals surface area contributed by atoms with E-state index in [1.165, 1.54) is 4.31 Å². The van der Waals surface area contributed by atoms with E-state index in [1.807, 2.05) is 12.1 Å². The van der Waals surface area contributed by atoms with Gasteiger partial charge in [-0.25, -0.2) is 12.7 Å². The summed E-state index contributed by atoms with van der Waals surface area (Å²) in [5.74, 6) is -0.492. The van der Waals surface area contributed by atoms with Crippen LogP contribution in [0, 0.1) is 5.92 Å². The van der Waals surface area contributed by atoms with Crippen molar-refractivity contribution in [2.75, 3.05) is 31.1 Å². The number of benzene rings is 1. The minimum atomic E-state index is -3.21. The molecule has 0 spiro atoms. The van der Waals surface area contributed by atoms with Crippen molar-refractivity contribution in [1.29, 1.82) is 0 Å². The number of piperidine rings is 1. The highest BCUT2D eigenvalue weighted by Crippen LogP contribution is 2.37. The second-order valence-electron chi connectivity index (χ2n) is 7.17. The van der Waals surface area contributed by atoms with Crippen LogP contribution in [0.3, 0.4) is 0 Å². The SMILES string of the molecule is C=C(c1cc(C(/C=C/CN)=C/S)cc(C(N)=O)c1N)C1CCN(S(=O)(=O)CC)CC1. The number of hydrogen-bond acceptors (Lipinski definition) is 6. The quantitative estimate of drug-likeness (QED) is 0.274. The Labute approximate surface area is 184 Å². The summed E-state index contributed by atoms with van der Waals surface area (Å²) in [4.78, 5) is 12.0. The number of hydrogen-bond donors (Lipinski definition) is 4. The van der Waals surface area contributed by atoms with Crippen molar-refractivity contribution in [1.82, 2.24) is 4.31 Å². The maximum Gasteiger partial charge on any atom is 0.250 e. The van der Waals surface area contributed by atoms with E-state index in [1.54, 1.807) is 24.5 Å². The van der Waals surface area contributed by atoms with Gasteiger partial charge in [0.15, 0.2) is 0 Å². The largest absolute Gasteiger partial charge is 0.398 e. The monoisotopic (exact) mass is 450 g/mol. The number of carbonyl (C=O) groups excluding carboxylic acids is 1. The van der Waals surface area contributed by atoms with E-state index < -0.39 is 15.9 Å². The lowest BCUT2D eigenvalue weighted by Crippen LogP contribution is -2.39. The Hall–Kier alpha value is -2.07. The molecule has 1 aromatic rings. The molecule has 0 aromatic heterocycles. The predicted octanol–water partition coefficient (Wildman–Crippen LogP) is 2.23. The minimum Gasteiger partial charge on any atom is -0.398 e. The first-order valence-electron chi connectivity index (χ1n) is 9.77. The van der Waals surface area contributed by atoms with E-state index in [9.17, 15) is 13.2 Å². The Bertz CT molecular complexity index is 976. The van der Waals surface area contributed by atoms with Gasteiger partial charge in [-0.15, -0.1) is 0 Å². The van der Waals surface area contributed by atoms with Gasteiger partial charge in [0, 0.05) is 25.2 Å². The molecule has 1 aromatic carbocycles. The van der Waals surface area contributed by atoms with Crippen LogP contribution >= 0.6 is 12.6 Å². The summed E-state index contributed by atoms with van der Waals surface area (Å²) >= 11 is 4.26. The van der Waals surface area contributed by atoms with E-state index in [-0.39, 0.29) is 22.9 Å². The average molecular weight is 451 g/mol. The molecule has 0 bridgehead atoms. The van der Waals surface area contributed by atoms with Crippen molar-refractivity contribution < 1.29 is 13.2 Å². The van der Waals surface area contributed by atoms with Gasteiger partial charge in [-0.05, 0) is 59.9 Å². The van der Waals surface area contributed by atoms with Gasteiger partial charge in [0.2, 0.25) is 10.0 Å². The van der Waals surface area contributed by atoms with Crippen molar-refractivity contribution in [2.24, 2.45) is 17.4 Å². The second kappa shape index (κ2) is 10.3. The molecule has 6 N–H and O–H groups in total. The Morgan fingerprint density at radius 2 is 1.90 bits per heavy atom. The Kier molecular flexibility index (Phi) is 8.31. The molecule has 1 aliphatic heterocycles. The minimum absolute atomic E-state index is 0.0506. The second-order valence-corrected chi connectivity index (χ2v) is 9.69. The van der Waals surface area contributed by atoms with E-state index >= 15 is 0 Å². The first kappa shape index (κ1) is 24.2. The zero-order chi connectivity index (χ0) is 22.5. The number of amides is 1. The number of nitrogens with two attached hydrogens (primary N) is 3. The van der Waals surface area contributed by atoms with Crippen molar-refractivity contribution in [3.63, 3.8) is 0 Å². The van der Waals surface area contributed by atoms with E-state index in [2.05, 4.69) is 19.2 Å². The molecule has 2 rings (SSSR count). The van der Waals surface area contributed by atoms with Gasteiger partial charge >= 0.3 is 0 Å². The highest BCUT2D eigenvalue weighted by Gasteiger charge is 2.29. The van der Waals surface area contributed by atoms with Crippen LogP contribution in [0.4, 0.5) is 5.69 Å². The van der Waals surface area contributed by atoms with Crippen LogP contribution in [0.2, 0.25) is 0 Å². The molecule has 0 saturated carbocycles. The van der Waals surface area contributed by atoms with Crippen LogP contribution < -0.4 is 17.2 Å². The Morgan fingerprint density at radius 1 is 1.30 bits per heavy atom. The fourth-order valence-electron chi connectivity index (χ4n) is 3.58. The summed E-state index contributed by atoms with van der Waals surface area (Å²) in [5, 5.41) is 1.61. The van der Waals surface area contributed by atoms with Crippen LogP contribution in [0.1, 0.15) is 41.3 Å². The van der Waals surface area contributed by atoms with Crippen molar-refractivity contribution in [3.05, 3.63) is 53.0 Å². The normalized spacial score (nSPS) is 16.8. The molecule has 9 heteroatoms. The van der Waals surface area contributed by atoms with E-state index in [4.69, 9.17) is 17.2 Å². The fraction of sp³-hybridized carbons (Fsp3) is 0.381. The molecule has 0 aliphatic carbocycles. The Balaban J connectivity index is 2.39. The first-order valence-corrected chi connectivity index (χ1v) is 11.9. The molecule has 30 heavy (non-hydrogen) atoms. The number of nitrogen functional groups attached to an aromatic ring is 1. The molecular formula is C21H30N4O3S2. The molecule has 1 fully saturated rings. The van der Waals surface area contributed by atoms with Crippen molar-refractivity contribution in [2.45, 2.75) is 19.8 Å². The summed E-state index contributed by atoms with van der Waals surface area (Å²) in [7, 11) is -3.21. The van der Waals surface area contributed by atoms with Crippen LogP contribution in [-0.4, -0.2) is 44.0 Å². The standard InChI is InChI=1S/C21H30N4O3S2/c1-3-30(27,28)25-9-6-15(7-10-25)14(2)18-11-17(16(13-29)5-4-8-22)12-19(20(18)23)21(24)26/h4-5,11-13,15,29H,2-3,6-10,22-23H2,1H3,(H2,24,26)/b5-4+,16-13+. The zero-order valence-electron chi connectivity index (χ0n) is 17.2. The molecule has 7 nitrogen and oxygen atoms in total. The predicted molar refractivity (Wildman–Crippen MR) is 127 cm³/mol. The van der Waals surface area contributed by atoms with Gasteiger partial charge < -0.3 is 17.2 Å². The van der Waals surface area contributed by atoms with E-state index in [0.717, 1.165) is 16.7 Å². The summed E-state index contributed by atoms with van der Waals surface area (Å²) in [6, 6.07) is 3.50. The summed E-state index contributed by atoms with van der Waals surface area (Å²) in [6.45, 7) is 7.10. The number of sulfonamides is 1. The van der Waals surface area contributed by atoms with E-state index in [0.29, 0.717) is 38.0 Å². The summed E-state index contributed by atoms with van der Waals surface area (Å²) < 4.78 is 25.8. The highest BCUT2D eigenvalue weighted by molar-refractivity contribution is 7.89. The smallest absolute Gasteiger partial charge is 0.250 e. The van der Waals surface area contributed by atoms with Gasteiger partial charge in [0.05, 0.1) is 17.0 Å². The highest BCUT2D eigenvalue weighted by atomic mass is 32.2. The summed E-state index contributed by atoms with van der Waals surface area (Å²) in [5.41, 5.74) is 20.8. The number of rotatable bonds is 8. The third-order valence-corrected chi connectivity index (χ3v) is 7.56. The number of carbonyl (C=O) groups is 1. The molecular weight excluding hydrogens is 420 g/mol.